The van der Waals surface area contributed by atoms with Crippen molar-refractivity contribution < 1.29 is 33.6 Å². The first-order valence-corrected chi connectivity index (χ1v) is 12.4. The number of aliphatic hydroxyl groups is 1. The maximum Gasteiger partial charge on any atom is 0.469 e. The first-order chi connectivity index (χ1) is 13.9. The zero-order chi connectivity index (χ0) is 22.0. The summed E-state index contributed by atoms with van der Waals surface area (Å²) in [7, 11) is -4.75. The van der Waals surface area contributed by atoms with Crippen LogP contribution in [0.5, 0.6) is 0 Å². The highest BCUT2D eigenvalue weighted by atomic mass is 31.2. The number of unbranched alkanes of at least 4 members (excludes halogenated alkanes) is 12. The lowest BCUT2D eigenvalue weighted by Gasteiger charge is -2.27. The van der Waals surface area contributed by atoms with E-state index in [0.717, 1.165) is 19.3 Å². The third-order valence-electron chi connectivity index (χ3n) is 5.09. The fourth-order valence-corrected chi connectivity index (χ4v) is 3.66. The molecule has 0 aliphatic heterocycles. The van der Waals surface area contributed by atoms with E-state index in [9.17, 15) is 19.3 Å². The van der Waals surface area contributed by atoms with Crippen LogP contribution >= 0.6 is 7.82 Å². The van der Waals surface area contributed by atoms with Crippen molar-refractivity contribution in [3.8, 4) is 0 Å². The minimum Gasteiger partial charge on any atom is -0.391 e. The fourth-order valence-electron chi connectivity index (χ4n) is 3.31. The third-order valence-corrected chi connectivity index (χ3v) is 5.57. The highest BCUT2D eigenvalue weighted by Crippen LogP contribution is 2.36. The molecule has 2 amide bonds. The quantitative estimate of drug-likeness (QED) is 0.141. The Morgan fingerprint density at radius 2 is 1.24 bits per heavy atom. The first-order valence-electron chi connectivity index (χ1n) is 10.9. The van der Waals surface area contributed by atoms with Gasteiger partial charge in [0.25, 0.3) is 0 Å². The molecule has 8 nitrogen and oxygen atoms in total. The molecule has 0 aromatic heterocycles. The number of hydrogen-bond acceptors (Lipinski definition) is 5. The van der Waals surface area contributed by atoms with Gasteiger partial charge in [-0.1, -0.05) is 90.4 Å². The molecule has 29 heavy (non-hydrogen) atoms. The zero-order valence-electron chi connectivity index (χ0n) is 17.8. The van der Waals surface area contributed by atoms with E-state index < -0.39 is 26.6 Å². The van der Waals surface area contributed by atoms with Gasteiger partial charge in [-0.2, -0.15) is 0 Å². The molecule has 0 bridgehead atoms. The Balaban J connectivity index is 3.87. The average Bonchev–Trinajstić information content (AvgIpc) is 2.67. The minimum atomic E-state index is -4.75. The largest absolute Gasteiger partial charge is 0.469 e. The molecule has 0 aromatic carbocycles. The number of carbonyl (C=O) groups is 2. The molecule has 0 rings (SSSR count). The van der Waals surface area contributed by atoms with Crippen LogP contribution in [0.1, 0.15) is 96.8 Å². The Morgan fingerprint density at radius 3 is 1.62 bits per heavy atom. The summed E-state index contributed by atoms with van der Waals surface area (Å²) >= 11 is 0. The van der Waals surface area contributed by atoms with E-state index in [4.69, 9.17) is 9.79 Å². The maximum absolute atomic E-state index is 10.9. The number of phosphoric ester groups is 1. The number of imide groups is 1. The van der Waals surface area contributed by atoms with Crippen LogP contribution in [0, 0.1) is 0 Å². The summed E-state index contributed by atoms with van der Waals surface area (Å²) in [5.41, 5.74) is 0. The third kappa shape index (κ3) is 16.7. The monoisotopic (exact) mass is 437 g/mol. The molecular weight excluding hydrogens is 397 g/mol. The standard InChI is InChI=1S/C20H40NO7P/c1-2-3-4-5-6-7-8-9-10-11-12-13-14-15-20(24)19(21(17-22)18-23)16-28-29(25,26)27/h17-20,24H,2-16H2,1H3,(H2,25,26,27)/t19-,20+/m0/s1. The number of amides is 2. The van der Waals surface area contributed by atoms with E-state index in [-0.39, 0.29) is 12.8 Å². The summed E-state index contributed by atoms with van der Waals surface area (Å²) in [6, 6.07) is -1.12. The molecule has 0 fully saturated rings. The molecule has 2 atom stereocenters. The van der Waals surface area contributed by atoms with Crippen LogP contribution in [-0.2, 0) is 18.7 Å². The second kappa shape index (κ2) is 18.0. The van der Waals surface area contributed by atoms with Gasteiger partial charge in [-0.25, -0.2) is 4.57 Å². The van der Waals surface area contributed by atoms with Crippen LogP contribution in [0.25, 0.3) is 0 Å². The summed E-state index contributed by atoms with van der Waals surface area (Å²) in [5, 5.41) is 10.2. The van der Waals surface area contributed by atoms with E-state index in [2.05, 4.69) is 11.4 Å². The molecule has 0 heterocycles. The molecular formula is C20H40NO7P. The lowest BCUT2D eigenvalue weighted by atomic mass is 10.0. The van der Waals surface area contributed by atoms with Crippen LogP contribution in [0.15, 0.2) is 0 Å². The van der Waals surface area contributed by atoms with Gasteiger partial charge in [0.1, 0.15) is 0 Å². The molecule has 0 aromatic rings. The number of aliphatic hydroxyl groups excluding tert-OH is 1. The highest BCUT2D eigenvalue weighted by Gasteiger charge is 2.28. The smallest absolute Gasteiger partial charge is 0.391 e. The number of hydrogen-bond donors (Lipinski definition) is 3. The van der Waals surface area contributed by atoms with Crippen molar-refractivity contribution in [1.29, 1.82) is 0 Å². The average molecular weight is 438 g/mol. The van der Waals surface area contributed by atoms with Crippen molar-refractivity contribution in [3.05, 3.63) is 0 Å². The molecule has 172 valence electrons. The van der Waals surface area contributed by atoms with Gasteiger partial charge in [-0.3, -0.25) is 19.0 Å². The minimum absolute atomic E-state index is 0.216. The summed E-state index contributed by atoms with van der Waals surface area (Å²) in [6.07, 6.45) is 15.2. The number of rotatable bonds is 21. The molecule has 0 unspecified atom stereocenters. The van der Waals surface area contributed by atoms with Gasteiger partial charge in [-0.05, 0) is 6.42 Å². The van der Waals surface area contributed by atoms with Crippen LogP contribution in [0.2, 0.25) is 0 Å². The zero-order valence-corrected chi connectivity index (χ0v) is 18.7. The summed E-state index contributed by atoms with van der Waals surface area (Å²) in [5.74, 6) is 0. The predicted molar refractivity (Wildman–Crippen MR) is 112 cm³/mol. The van der Waals surface area contributed by atoms with Crippen molar-refractivity contribution in [3.63, 3.8) is 0 Å². The Kier molecular flexibility index (Phi) is 17.5. The van der Waals surface area contributed by atoms with Gasteiger partial charge < -0.3 is 14.9 Å². The maximum atomic E-state index is 10.9. The van der Waals surface area contributed by atoms with E-state index in [0.29, 0.717) is 17.7 Å². The molecule has 0 saturated carbocycles. The number of phosphoric acid groups is 1. The van der Waals surface area contributed by atoms with E-state index in [1.807, 2.05) is 0 Å². The molecule has 0 aliphatic carbocycles. The number of nitrogens with zero attached hydrogens (tertiary/aromatic N) is 1. The topological polar surface area (TPSA) is 124 Å². The molecule has 9 heteroatoms. The van der Waals surface area contributed by atoms with Crippen molar-refractivity contribution in [1.82, 2.24) is 4.90 Å². The lowest BCUT2D eigenvalue weighted by Crippen LogP contribution is -2.45. The molecule has 0 saturated heterocycles. The van der Waals surface area contributed by atoms with Crippen LogP contribution < -0.4 is 0 Å². The van der Waals surface area contributed by atoms with Gasteiger partial charge in [0.05, 0.1) is 18.8 Å². The number of carbonyl (C=O) groups excluding carboxylic acids is 2. The molecule has 0 radical (unpaired) electrons. The van der Waals surface area contributed by atoms with Gasteiger partial charge in [0, 0.05) is 0 Å². The molecule has 0 aliphatic rings. The second-order valence-electron chi connectivity index (χ2n) is 7.61. The second-order valence-corrected chi connectivity index (χ2v) is 8.85. The van der Waals surface area contributed by atoms with E-state index in [1.165, 1.54) is 57.8 Å². The van der Waals surface area contributed by atoms with E-state index >= 15 is 0 Å². The molecule has 3 N–H and O–H groups in total. The fraction of sp³-hybridized carbons (Fsp3) is 0.900. The Morgan fingerprint density at radius 1 is 0.828 bits per heavy atom. The summed E-state index contributed by atoms with van der Waals surface area (Å²) in [4.78, 5) is 40.1. The highest BCUT2D eigenvalue weighted by molar-refractivity contribution is 7.46. The van der Waals surface area contributed by atoms with Gasteiger partial charge in [0.15, 0.2) is 0 Å². The van der Waals surface area contributed by atoms with Crippen molar-refractivity contribution in [2.24, 2.45) is 0 Å². The summed E-state index contributed by atoms with van der Waals surface area (Å²) in [6.45, 7) is 1.62. The van der Waals surface area contributed by atoms with Gasteiger partial charge in [0.2, 0.25) is 12.8 Å². The van der Waals surface area contributed by atoms with Crippen molar-refractivity contribution in [2.75, 3.05) is 6.61 Å². The van der Waals surface area contributed by atoms with Crippen LogP contribution in [0.4, 0.5) is 0 Å². The van der Waals surface area contributed by atoms with Crippen LogP contribution in [-0.4, -0.2) is 51.4 Å². The van der Waals surface area contributed by atoms with Gasteiger partial charge in [-0.15, -0.1) is 0 Å². The van der Waals surface area contributed by atoms with E-state index in [1.54, 1.807) is 0 Å². The predicted octanol–water partition coefficient (Wildman–Crippen LogP) is 3.92. The van der Waals surface area contributed by atoms with Gasteiger partial charge >= 0.3 is 7.82 Å². The van der Waals surface area contributed by atoms with Crippen molar-refractivity contribution >= 4 is 20.6 Å². The lowest BCUT2D eigenvalue weighted by molar-refractivity contribution is -0.136. The Bertz CT molecular complexity index is 450. The van der Waals surface area contributed by atoms with Crippen molar-refractivity contribution in [2.45, 2.75) is 109 Å². The Labute approximate surface area is 175 Å². The first kappa shape index (κ1) is 28.2. The normalized spacial score (nSPS) is 13.8. The SMILES string of the molecule is CCCCCCCCCCCCCCC[C@@H](O)[C@H](COP(=O)(O)O)N(C=O)C=O. The molecule has 0 spiro atoms. The summed E-state index contributed by atoms with van der Waals surface area (Å²) < 4.78 is 15.2. The Hall–Kier alpha value is -0.790. The van der Waals surface area contributed by atoms with Crippen LogP contribution in [0.3, 0.4) is 0 Å².